The molecule has 16 heavy (non-hydrogen) atoms. The number of carboxylic acid groups (broad SMARTS) is 1. The molecule has 0 saturated heterocycles. The number of nitrogens with zero attached hydrogens (tertiary/aromatic N) is 1. The highest BCUT2D eigenvalue weighted by Crippen LogP contribution is 2.06. The van der Waals surface area contributed by atoms with Crippen molar-refractivity contribution in [2.45, 2.75) is 41.5 Å². The van der Waals surface area contributed by atoms with Gasteiger partial charge in [0.15, 0.2) is 0 Å². The minimum Gasteiger partial charge on any atom is -0.483 e. The highest BCUT2D eigenvalue weighted by atomic mass is 16.3. The molecule has 3 heteroatoms. The molecule has 0 aliphatic carbocycles. The second-order valence-electron chi connectivity index (χ2n) is 5.51. The van der Waals surface area contributed by atoms with Crippen LogP contribution in [0.5, 0.6) is 0 Å². The molecule has 0 aromatic carbocycles. The lowest BCUT2D eigenvalue weighted by atomic mass is 10.1. The van der Waals surface area contributed by atoms with E-state index >= 15 is 0 Å². The number of hydrogen-bond acceptors (Lipinski definition) is 2. The molecule has 0 radical (unpaired) electrons. The van der Waals surface area contributed by atoms with Crippen LogP contribution in [0.1, 0.15) is 41.5 Å². The average molecular weight is 231 g/mol. The molecule has 0 aliphatic heterocycles. The molecule has 0 spiro atoms. The fourth-order valence-electron chi connectivity index (χ4n) is 1.77. The van der Waals surface area contributed by atoms with Gasteiger partial charge < -0.3 is 10.0 Å². The molecule has 0 rings (SSSR count). The van der Waals surface area contributed by atoms with Crippen molar-refractivity contribution in [2.24, 2.45) is 17.8 Å². The molecule has 0 amide bonds. The summed E-state index contributed by atoms with van der Waals surface area (Å²) in [6, 6.07) is 0. The lowest BCUT2D eigenvalue weighted by molar-refractivity contribution is -0.122. The van der Waals surface area contributed by atoms with E-state index in [1.54, 1.807) is 0 Å². The van der Waals surface area contributed by atoms with Gasteiger partial charge in [0, 0.05) is 19.6 Å². The standard InChI is InChI=1S/C12H27N.CH2O2/c1-10(2)7-13(8-11(3)4)9-12(5)6;2-1-3/h10-12H,7-9H2,1-6H3;1H,(H,2,3). The lowest BCUT2D eigenvalue weighted by Gasteiger charge is -2.27. The van der Waals surface area contributed by atoms with Crippen molar-refractivity contribution in [1.82, 2.24) is 4.90 Å². The summed E-state index contributed by atoms with van der Waals surface area (Å²) in [5.74, 6) is 2.37. The van der Waals surface area contributed by atoms with Crippen LogP contribution in [-0.2, 0) is 4.79 Å². The van der Waals surface area contributed by atoms with Gasteiger partial charge in [0.1, 0.15) is 0 Å². The van der Waals surface area contributed by atoms with Gasteiger partial charge in [0.25, 0.3) is 6.47 Å². The SMILES string of the molecule is CC(C)CN(CC(C)C)CC(C)C.O=CO. The Balaban J connectivity index is 0. The Hall–Kier alpha value is -0.570. The summed E-state index contributed by atoms with van der Waals surface area (Å²) in [5, 5.41) is 6.89. The third-order valence-corrected chi connectivity index (χ3v) is 1.87. The molecule has 0 atom stereocenters. The number of carbonyl (C=O) groups is 1. The first-order valence-electron chi connectivity index (χ1n) is 6.13. The van der Waals surface area contributed by atoms with Crippen molar-refractivity contribution in [3.8, 4) is 0 Å². The number of rotatable bonds is 6. The Morgan fingerprint density at radius 3 is 1.19 bits per heavy atom. The molecule has 0 aliphatic rings. The van der Waals surface area contributed by atoms with E-state index in [4.69, 9.17) is 9.90 Å². The zero-order valence-electron chi connectivity index (χ0n) is 11.7. The molecule has 0 aromatic heterocycles. The predicted molar refractivity (Wildman–Crippen MR) is 69.6 cm³/mol. The molecular formula is C13H29NO2. The molecule has 0 fully saturated rings. The summed E-state index contributed by atoms with van der Waals surface area (Å²) in [5.41, 5.74) is 0. The summed E-state index contributed by atoms with van der Waals surface area (Å²) in [6.07, 6.45) is 0. The Labute approximate surface area is 101 Å². The van der Waals surface area contributed by atoms with Crippen LogP contribution >= 0.6 is 0 Å². The Morgan fingerprint density at radius 2 is 1.06 bits per heavy atom. The van der Waals surface area contributed by atoms with Gasteiger partial charge in [0.2, 0.25) is 0 Å². The molecule has 1 N–H and O–H groups in total. The van der Waals surface area contributed by atoms with E-state index in [0.29, 0.717) is 0 Å². The van der Waals surface area contributed by atoms with Crippen LogP contribution in [-0.4, -0.2) is 36.1 Å². The minimum absolute atomic E-state index is 0.250. The van der Waals surface area contributed by atoms with Crippen molar-refractivity contribution in [1.29, 1.82) is 0 Å². The molecule has 3 nitrogen and oxygen atoms in total. The van der Waals surface area contributed by atoms with Gasteiger partial charge in [-0.05, 0) is 17.8 Å². The fraction of sp³-hybridized carbons (Fsp3) is 0.923. The maximum Gasteiger partial charge on any atom is 0.290 e. The Morgan fingerprint density at radius 1 is 0.875 bits per heavy atom. The van der Waals surface area contributed by atoms with Crippen LogP contribution in [0.25, 0.3) is 0 Å². The van der Waals surface area contributed by atoms with Gasteiger partial charge in [-0.1, -0.05) is 41.5 Å². The molecule has 0 aromatic rings. The maximum atomic E-state index is 8.36. The van der Waals surface area contributed by atoms with E-state index in [0.717, 1.165) is 17.8 Å². The van der Waals surface area contributed by atoms with Crippen molar-refractivity contribution >= 4 is 6.47 Å². The molecule has 0 saturated carbocycles. The predicted octanol–water partition coefficient (Wildman–Crippen LogP) is 2.96. The van der Waals surface area contributed by atoms with Gasteiger partial charge in [-0.2, -0.15) is 0 Å². The first kappa shape index (κ1) is 17.8. The minimum atomic E-state index is -0.250. The quantitative estimate of drug-likeness (QED) is 0.714. The largest absolute Gasteiger partial charge is 0.483 e. The van der Waals surface area contributed by atoms with E-state index in [9.17, 15) is 0 Å². The second-order valence-corrected chi connectivity index (χ2v) is 5.51. The zero-order chi connectivity index (χ0) is 13.1. The van der Waals surface area contributed by atoms with Crippen molar-refractivity contribution in [3.05, 3.63) is 0 Å². The lowest BCUT2D eigenvalue weighted by Crippen LogP contribution is -2.34. The van der Waals surface area contributed by atoms with Crippen LogP contribution in [0, 0.1) is 17.8 Å². The van der Waals surface area contributed by atoms with E-state index in [1.165, 1.54) is 19.6 Å². The van der Waals surface area contributed by atoms with Crippen LogP contribution in [0.2, 0.25) is 0 Å². The van der Waals surface area contributed by atoms with Gasteiger partial charge in [-0.25, -0.2) is 0 Å². The van der Waals surface area contributed by atoms with Crippen molar-refractivity contribution in [2.75, 3.05) is 19.6 Å². The molecule has 0 unspecified atom stereocenters. The van der Waals surface area contributed by atoms with Crippen LogP contribution in [0.3, 0.4) is 0 Å². The van der Waals surface area contributed by atoms with Gasteiger partial charge >= 0.3 is 0 Å². The zero-order valence-corrected chi connectivity index (χ0v) is 11.7. The van der Waals surface area contributed by atoms with Crippen molar-refractivity contribution in [3.63, 3.8) is 0 Å². The monoisotopic (exact) mass is 231 g/mol. The smallest absolute Gasteiger partial charge is 0.290 e. The molecule has 98 valence electrons. The first-order valence-corrected chi connectivity index (χ1v) is 6.13. The average Bonchev–Trinajstić information content (AvgIpc) is 2.00. The summed E-state index contributed by atoms with van der Waals surface area (Å²) in [4.78, 5) is 11.0. The van der Waals surface area contributed by atoms with Gasteiger partial charge in [0.05, 0.1) is 0 Å². The highest BCUT2D eigenvalue weighted by molar-refractivity contribution is 5.32. The van der Waals surface area contributed by atoms with Crippen LogP contribution < -0.4 is 0 Å². The highest BCUT2D eigenvalue weighted by Gasteiger charge is 2.10. The van der Waals surface area contributed by atoms with E-state index < -0.39 is 0 Å². The Bertz CT molecular complexity index is 132. The maximum absolute atomic E-state index is 8.36. The topological polar surface area (TPSA) is 40.5 Å². The Kier molecular flexibility index (Phi) is 12.2. The van der Waals surface area contributed by atoms with E-state index in [1.807, 2.05) is 0 Å². The molecule has 0 heterocycles. The van der Waals surface area contributed by atoms with Crippen LogP contribution in [0.15, 0.2) is 0 Å². The second kappa shape index (κ2) is 10.9. The van der Waals surface area contributed by atoms with Gasteiger partial charge in [-0.15, -0.1) is 0 Å². The van der Waals surface area contributed by atoms with Gasteiger partial charge in [-0.3, -0.25) is 4.79 Å². The van der Waals surface area contributed by atoms with E-state index in [2.05, 4.69) is 46.4 Å². The summed E-state index contributed by atoms with van der Waals surface area (Å²) >= 11 is 0. The third-order valence-electron chi connectivity index (χ3n) is 1.87. The fourth-order valence-corrected chi connectivity index (χ4v) is 1.77. The summed E-state index contributed by atoms with van der Waals surface area (Å²) < 4.78 is 0. The normalized spacial score (nSPS) is 10.9. The number of hydrogen-bond donors (Lipinski definition) is 1. The third kappa shape index (κ3) is 15.9. The van der Waals surface area contributed by atoms with Crippen LogP contribution in [0.4, 0.5) is 0 Å². The van der Waals surface area contributed by atoms with E-state index in [-0.39, 0.29) is 6.47 Å². The first-order chi connectivity index (χ1) is 7.33. The van der Waals surface area contributed by atoms with Crippen molar-refractivity contribution < 1.29 is 9.90 Å². The summed E-state index contributed by atoms with van der Waals surface area (Å²) in [7, 11) is 0. The summed E-state index contributed by atoms with van der Waals surface area (Å²) in [6.45, 7) is 17.3. The molecular weight excluding hydrogens is 202 g/mol. The molecule has 0 bridgehead atoms.